The molecule has 0 fully saturated rings. The Bertz CT molecular complexity index is 814. The van der Waals surface area contributed by atoms with Gasteiger partial charge in [0.25, 0.3) is 0 Å². The number of rotatable bonds is 21. The summed E-state index contributed by atoms with van der Waals surface area (Å²) in [6, 6.07) is 15.2. The highest BCUT2D eigenvalue weighted by atomic mass is 16.3. The minimum Gasteiger partial charge on any atom is -0.508 e. The van der Waals surface area contributed by atoms with Crippen LogP contribution in [0.2, 0.25) is 0 Å². The fourth-order valence-electron chi connectivity index (χ4n) is 4.75. The number of benzene rings is 2. The maximum absolute atomic E-state index is 9.94. The van der Waals surface area contributed by atoms with Gasteiger partial charge in [0, 0.05) is 19.6 Å². The number of likely N-dealkylation sites (N-methyl/N-ethyl adjacent to an activating group) is 1. The molecule has 0 spiro atoms. The van der Waals surface area contributed by atoms with E-state index >= 15 is 0 Å². The van der Waals surface area contributed by atoms with Gasteiger partial charge in [-0.3, -0.25) is 0 Å². The van der Waals surface area contributed by atoms with Crippen LogP contribution in [0.25, 0.3) is 0 Å². The maximum atomic E-state index is 9.94. The fourth-order valence-corrected chi connectivity index (χ4v) is 4.75. The molecule has 0 unspecified atom stereocenters. The van der Waals surface area contributed by atoms with Gasteiger partial charge in [0.2, 0.25) is 0 Å². The first-order chi connectivity index (χ1) is 17.6. The summed E-state index contributed by atoms with van der Waals surface area (Å²) in [6.45, 7) is 4.92. The Morgan fingerprint density at radius 1 is 0.528 bits per heavy atom. The molecular formula is C31H50N2O3. The SMILES string of the molecule is CN(CCCCCCCCCCCCN(CCO)CCc1ccccc1O)CCc1ccccc1O. The predicted octanol–water partition coefficient (Wildman–Crippen LogP) is 6.01. The number of hydrogen-bond donors (Lipinski definition) is 3. The van der Waals surface area contributed by atoms with Crippen molar-refractivity contribution < 1.29 is 15.3 Å². The number of phenolic OH excluding ortho intramolecular Hbond substituents is 2. The molecule has 0 aliphatic heterocycles. The molecule has 2 aromatic carbocycles. The van der Waals surface area contributed by atoms with Crippen LogP contribution in [0.4, 0.5) is 0 Å². The molecule has 2 aromatic rings. The molecule has 3 N–H and O–H groups in total. The van der Waals surface area contributed by atoms with Crippen molar-refractivity contribution in [3.05, 3.63) is 59.7 Å². The van der Waals surface area contributed by atoms with Gasteiger partial charge in [-0.15, -0.1) is 0 Å². The number of aliphatic hydroxyl groups excluding tert-OH is 1. The van der Waals surface area contributed by atoms with Crippen LogP contribution in [0.3, 0.4) is 0 Å². The van der Waals surface area contributed by atoms with E-state index in [-0.39, 0.29) is 6.61 Å². The Kier molecular flexibility index (Phi) is 16.0. The van der Waals surface area contributed by atoms with Crippen molar-refractivity contribution in [1.82, 2.24) is 9.80 Å². The Morgan fingerprint density at radius 2 is 0.972 bits per heavy atom. The molecule has 36 heavy (non-hydrogen) atoms. The predicted molar refractivity (Wildman–Crippen MR) is 151 cm³/mol. The Balaban J connectivity index is 1.39. The van der Waals surface area contributed by atoms with Crippen LogP contribution >= 0.6 is 0 Å². The van der Waals surface area contributed by atoms with Crippen molar-refractivity contribution in [3.8, 4) is 11.5 Å². The van der Waals surface area contributed by atoms with Crippen molar-refractivity contribution in [2.24, 2.45) is 0 Å². The lowest BCUT2D eigenvalue weighted by Gasteiger charge is -2.21. The van der Waals surface area contributed by atoms with Gasteiger partial charge in [0.15, 0.2) is 0 Å². The zero-order valence-electron chi connectivity index (χ0n) is 22.6. The van der Waals surface area contributed by atoms with E-state index in [0.29, 0.717) is 18.0 Å². The lowest BCUT2D eigenvalue weighted by Crippen LogP contribution is -2.30. The minimum absolute atomic E-state index is 0.190. The summed E-state index contributed by atoms with van der Waals surface area (Å²) in [7, 11) is 2.18. The van der Waals surface area contributed by atoms with Gasteiger partial charge in [-0.25, -0.2) is 0 Å². The van der Waals surface area contributed by atoms with E-state index in [2.05, 4.69) is 16.8 Å². The van der Waals surface area contributed by atoms with Crippen molar-refractivity contribution in [1.29, 1.82) is 0 Å². The molecular weight excluding hydrogens is 448 g/mol. The molecule has 202 valence electrons. The second-order valence-electron chi connectivity index (χ2n) is 10.2. The van der Waals surface area contributed by atoms with Gasteiger partial charge in [-0.1, -0.05) is 87.8 Å². The smallest absolute Gasteiger partial charge is 0.118 e. The average Bonchev–Trinajstić information content (AvgIpc) is 2.88. The van der Waals surface area contributed by atoms with E-state index in [0.717, 1.165) is 50.1 Å². The van der Waals surface area contributed by atoms with Gasteiger partial charge < -0.3 is 25.1 Å². The normalized spacial score (nSPS) is 11.6. The van der Waals surface area contributed by atoms with Crippen LogP contribution < -0.4 is 0 Å². The first kappa shape index (κ1) is 30.1. The number of phenols is 2. The summed E-state index contributed by atoms with van der Waals surface area (Å²) in [5.74, 6) is 0.782. The highest BCUT2D eigenvalue weighted by Gasteiger charge is 2.07. The van der Waals surface area contributed by atoms with E-state index < -0.39 is 0 Å². The van der Waals surface area contributed by atoms with Gasteiger partial charge in [-0.05, 0) is 69.1 Å². The van der Waals surface area contributed by atoms with Crippen LogP contribution in [0.15, 0.2) is 48.5 Å². The molecule has 0 bridgehead atoms. The molecule has 5 nitrogen and oxygen atoms in total. The first-order valence-electron chi connectivity index (χ1n) is 14.2. The molecule has 5 heteroatoms. The van der Waals surface area contributed by atoms with Crippen molar-refractivity contribution in [2.45, 2.75) is 77.0 Å². The third-order valence-electron chi connectivity index (χ3n) is 7.12. The molecule has 0 aliphatic rings. The number of unbranched alkanes of at least 4 members (excludes halogenated alkanes) is 9. The van der Waals surface area contributed by atoms with Gasteiger partial charge in [0.05, 0.1) is 6.61 Å². The Hall–Kier alpha value is -2.08. The molecule has 0 radical (unpaired) electrons. The van der Waals surface area contributed by atoms with Crippen molar-refractivity contribution >= 4 is 0 Å². The first-order valence-corrected chi connectivity index (χ1v) is 14.2. The van der Waals surface area contributed by atoms with Crippen LogP contribution in [-0.4, -0.2) is 71.5 Å². The Morgan fingerprint density at radius 3 is 1.47 bits per heavy atom. The minimum atomic E-state index is 0.190. The molecule has 2 rings (SSSR count). The second kappa shape index (κ2) is 19.1. The van der Waals surface area contributed by atoms with Crippen LogP contribution in [-0.2, 0) is 12.8 Å². The van der Waals surface area contributed by atoms with E-state index in [1.807, 2.05) is 36.4 Å². The monoisotopic (exact) mass is 498 g/mol. The summed E-state index contributed by atoms with van der Waals surface area (Å²) in [4.78, 5) is 4.69. The number of aromatic hydroxyl groups is 2. The lowest BCUT2D eigenvalue weighted by atomic mass is 10.1. The highest BCUT2D eigenvalue weighted by Crippen LogP contribution is 2.18. The number of hydrogen-bond acceptors (Lipinski definition) is 5. The molecule has 0 heterocycles. The number of aliphatic hydroxyl groups is 1. The number of nitrogens with zero attached hydrogens (tertiary/aromatic N) is 2. The summed E-state index contributed by atoms with van der Waals surface area (Å²) in [5, 5.41) is 29.2. The zero-order valence-corrected chi connectivity index (χ0v) is 22.6. The quantitative estimate of drug-likeness (QED) is 0.184. The molecule has 0 aliphatic carbocycles. The topological polar surface area (TPSA) is 67.2 Å². The van der Waals surface area contributed by atoms with Crippen molar-refractivity contribution in [2.75, 3.05) is 46.4 Å². The third kappa shape index (κ3) is 13.3. The standard InChI is InChI=1S/C31H50N2O3/c1-32(24-20-28-16-10-12-18-30(28)35)22-14-8-6-4-2-3-5-7-9-15-23-33(26-27-34)25-21-29-17-11-13-19-31(29)36/h10-13,16-19,34-36H,2-9,14-15,20-27H2,1H3. The van der Waals surface area contributed by atoms with E-state index in [4.69, 9.17) is 0 Å². The molecule has 0 amide bonds. The van der Waals surface area contributed by atoms with Crippen LogP contribution in [0.1, 0.15) is 75.3 Å². The summed E-state index contributed by atoms with van der Waals surface area (Å²) in [6.07, 6.45) is 14.7. The molecule has 0 atom stereocenters. The third-order valence-corrected chi connectivity index (χ3v) is 7.12. The largest absolute Gasteiger partial charge is 0.508 e. The number of para-hydroxylation sites is 2. The van der Waals surface area contributed by atoms with Crippen molar-refractivity contribution in [3.63, 3.8) is 0 Å². The molecule has 0 saturated heterocycles. The van der Waals surface area contributed by atoms with Crippen LogP contribution in [0, 0.1) is 0 Å². The van der Waals surface area contributed by atoms with E-state index in [1.54, 1.807) is 12.1 Å². The zero-order chi connectivity index (χ0) is 25.8. The summed E-state index contributed by atoms with van der Waals surface area (Å²) >= 11 is 0. The molecule has 0 saturated carbocycles. The Labute approximate surface area is 219 Å². The van der Waals surface area contributed by atoms with Crippen LogP contribution in [0.5, 0.6) is 11.5 Å². The lowest BCUT2D eigenvalue weighted by molar-refractivity contribution is 0.194. The van der Waals surface area contributed by atoms with Gasteiger partial charge >= 0.3 is 0 Å². The van der Waals surface area contributed by atoms with Gasteiger partial charge in [-0.2, -0.15) is 0 Å². The maximum Gasteiger partial charge on any atom is 0.118 e. The van der Waals surface area contributed by atoms with E-state index in [9.17, 15) is 15.3 Å². The van der Waals surface area contributed by atoms with E-state index in [1.165, 1.54) is 64.2 Å². The highest BCUT2D eigenvalue weighted by molar-refractivity contribution is 5.32. The fraction of sp³-hybridized carbons (Fsp3) is 0.613. The molecule has 0 aromatic heterocycles. The average molecular weight is 499 g/mol. The second-order valence-corrected chi connectivity index (χ2v) is 10.2. The summed E-state index contributed by atoms with van der Waals surface area (Å²) in [5.41, 5.74) is 2.02. The summed E-state index contributed by atoms with van der Waals surface area (Å²) < 4.78 is 0. The van der Waals surface area contributed by atoms with Gasteiger partial charge in [0.1, 0.15) is 11.5 Å².